The van der Waals surface area contributed by atoms with Gasteiger partial charge in [0, 0.05) is 77.4 Å². The number of aromatic hydroxyl groups is 2. The Labute approximate surface area is 478 Å². The number of methoxy groups -OCH3 is 2. The molecule has 2 aliphatic carbocycles. The summed E-state index contributed by atoms with van der Waals surface area (Å²) in [4.78, 5) is 123. The molecule has 9 rings (SSSR count). The average Bonchev–Trinajstić information content (AvgIpc) is 2.04. The highest BCUT2D eigenvalue weighted by Crippen LogP contribution is 2.54. The number of ketones is 2. The number of hydrogen-bond acceptors (Lipinski definition) is 25. The van der Waals surface area contributed by atoms with Crippen molar-refractivity contribution < 1.29 is 123 Å². The third-order valence-electron chi connectivity index (χ3n) is 15.8. The first-order chi connectivity index (χ1) is 40.1. The lowest BCUT2D eigenvalue weighted by molar-refractivity contribution is -0.339. The Morgan fingerprint density at radius 3 is 2.25 bits per heavy atom. The molecule has 2 unspecified atom stereocenters. The Balaban J connectivity index is 0.952. The summed E-state index contributed by atoms with van der Waals surface area (Å²) in [6.45, 7) is 2.33. The van der Waals surface area contributed by atoms with Crippen LogP contribution in [0.1, 0.15) is 90.8 Å². The standard InChI is InChI=1S/C53H66N6O25/c1-20(2)35(57-27(60)17-59-28(61)9-10-29(59)62)46(71)56-24(18-80-49-42(69)40(67)41(68)44(83-49)48(72)73)45(70)54-11-12-55-51(74)52(75)16-23-34(39(66)33-32(37(23)64)36(63)22-7-6-8-26(77-4)31(22)38(33)65)53(76,19-52)84-30-15-25-43(21(3)81-30)82-47-50(78-5)79-14-13-58(25)47/h6-8,20-21,24-25,30,35,40-44,47,49-50,64,66-69,75-76H,9-19H2,1-5H3,(H,54,70)(H,55,74)(H,56,71)(H,57,60)(H,72,73)/t21-,24?,25-,30-,35-,40-,41-,42+,43+,44-,47+,49+,50-,52-,53-/m0/s1/i9T/t9?,21-,24?,25-,30-,35-,40-,41-,42+,43+,44-,47+,49+,50-,52-,53-. The van der Waals surface area contributed by atoms with Crippen molar-refractivity contribution >= 4 is 53.0 Å². The van der Waals surface area contributed by atoms with Gasteiger partial charge in [-0.3, -0.25) is 48.2 Å². The number of ether oxygens (including phenoxy) is 8. The molecule has 5 fully saturated rings. The van der Waals surface area contributed by atoms with Crippen LogP contribution in [0.3, 0.4) is 0 Å². The van der Waals surface area contributed by atoms with Crippen molar-refractivity contribution in [2.75, 3.05) is 53.6 Å². The molecule has 12 N–H and O–H groups in total. The second-order valence-corrected chi connectivity index (χ2v) is 21.6. The number of carboxylic acid groups (broad SMARTS) is 1. The second-order valence-electron chi connectivity index (χ2n) is 21.6. The highest BCUT2D eigenvalue weighted by Gasteiger charge is 2.59. The number of phenols is 2. The number of fused-ring (bicyclic) bond motifs is 6. The first kappa shape index (κ1) is 60.3. The Morgan fingerprint density at radius 1 is 0.869 bits per heavy atom. The predicted molar refractivity (Wildman–Crippen MR) is 274 cm³/mol. The number of hydrogen-bond donors (Lipinski definition) is 12. The van der Waals surface area contributed by atoms with Crippen LogP contribution in [0.2, 0.25) is 0 Å². The van der Waals surface area contributed by atoms with E-state index in [4.69, 9.17) is 39.3 Å². The van der Waals surface area contributed by atoms with Crippen LogP contribution in [-0.4, -0.2) is 243 Å². The molecule has 2 aromatic rings. The SMILES string of the molecule is [3H]C1CC(=O)N(CC(=O)N[C@H](C(=O)NC(CO[C@@H]2O[C@H](C(=O)O)[C@@H](O)[C@H](O)[C@H]2O)C(=O)NCCNC(=O)[C@]2(O)Cc3c(O)c4c(c(O)c3[C@@](O)(O[C@H]3C[C@H]5[C@H](O[C@@H]6[C@@H](OC)OCCN65)[C@H](C)O3)C2)C(=O)c2c(OC)cccc2C4=O)C(C)C)C1=O. The zero-order valence-corrected chi connectivity index (χ0v) is 45.9. The number of rotatable bonds is 19. The number of aliphatic hydroxyl groups is 5. The molecule has 0 spiro atoms. The number of aliphatic hydroxyl groups excluding tert-OH is 3. The van der Waals surface area contributed by atoms with Gasteiger partial charge in [-0.2, -0.15) is 0 Å². The van der Waals surface area contributed by atoms with E-state index in [-0.39, 0.29) is 29.9 Å². The summed E-state index contributed by atoms with van der Waals surface area (Å²) in [5.41, 5.74) is -6.04. The molecule has 84 heavy (non-hydrogen) atoms. The summed E-state index contributed by atoms with van der Waals surface area (Å²) in [7, 11) is 2.69. The topological polar surface area (TPSA) is 444 Å². The second kappa shape index (κ2) is 24.3. The number of phenolic OH excluding ortho intramolecular Hbond substituents is 2. The van der Waals surface area contributed by atoms with E-state index in [9.17, 15) is 84.0 Å². The molecule has 16 atom stereocenters. The Hall–Kier alpha value is -6.85. The van der Waals surface area contributed by atoms with Crippen molar-refractivity contribution in [3.05, 3.63) is 51.6 Å². The van der Waals surface area contributed by atoms with E-state index in [1.807, 2.05) is 4.90 Å². The third kappa shape index (κ3) is 11.4. The lowest BCUT2D eigenvalue weighted by Gasteiger charge is -2.46. The number of carboxylic acids is 1. The molecule has 5 saturated heterocycles. The summed E-state index contributed by atoms with van der Waals surface area (Å²) in [5.74, 6) is -15.8. The molecule has 2 aromatic carbocycles. The van der Waals surface area contributed by atoms with Crippen LogP contribution in [0.25, 0.3) is 0 Å². The number of carbonyl (C=O) groups is 9. The maximum Gasteiger partial charge on any atom is 0.335 e. The number of carbonyl (C=O) groups excluding carboxylic acids is 8. The normalized spacial score (nSPS) is 32.7. The first-order valence-electron chi connectivity index (χ1n) is 27.4. The van der Waals surface area contributed by atoms with E-state index in [1.165, 1.54) is 46.3 Å². The third-order valence-corrected chi connectivity index (χ3v) is 15.8. The first-order valence-corrected chi connectivity index (χ1v) is 26.8. The molecule has 31 heteroatoms. The molecule has 0 bridgehead atoms. The molecule has 31 nitrogen and oxygen atoms in total. The fourth-order valence-electron chi connectivity index (χ4n) is 11.7. The number of imide groups is 1. The number of amides is 6. The maximum atomic E-state index is 14.4. The van der Waals surface area contributed by atoms with Crippen molar-refractivity contribution in [1.29, 1.82) is 0 Å². The number of nitrogens with one attached hydrogen (secondary N) is 4. The molecular weight excluding hydrogens is 1120 g/mol. The smallest absolute Gasteiger partial charge is 0.335 e. The number of morpholine rings is 1. The predicted octanol–water partition coefficient (Wildman–Crippen LogP) is -4.83. The van der Waals surface area contributed by atoms with Gasteiger partial charge < -0.3 is 100 Å². The molecule has 0 radical (unpaired) electrons. The largest absolute Gasteiger partial charge is 0.507 e. The van der Waals surface area contributed by atoms with Crippen molar-refractivity contribution in [1.82, 2.24) is 31.1 Å². The van der Waals surface area contributed by atoms with Gasteiger partial charge in [-0.25, -0.2) is 4.79 Å². The van der Waals surface area contributed by atoms with Crippen LogP contribution in [0, 0.1) is 5.92 Å². The Morgan fingerprint density at radius 2 is 1.58 bits per heavy atom. The lowest BCUT2D eigenvalue weighted by Crippen LogP contribution is -2.62. The molecule has 5 heterocycles. The zero-order chi connectivity index (χ0) is 61.9. The highest BCUT2D eigenvalue weighted by molar-refractivity contribution is 6.31. The van der Waals surface area contributed by atoms with Crippen molar-refractivity contribution in [2.45, 2.75) is 144 Å². The van der Waals surface area contributed by atoms with Gasteiger partial charge in [0.05, 0.1) is 48.7 Å². The maximum absolute atomic E-state index is 14.4. The van der Waals surface area contributed by atoms with E-state index in [2.05, 4.69) is 21.3 Å². The molecule has 5 aliphatic heterocycles. The Bertz CT molecular complexity index is 3040. The number of likely N-dealkylation sites (tertiary alicyclic amines) is 1. The number of nitrogens with zero attached hydrogens (tertiary/aromatic N) is 2. The van der Waals surface area contributed by atoms with Gasteiger partial charge in [0.15, 0.2) is 42.6 Å². The minimum absolute atomic E-state index is 0.0399. The Kier molecular flexibility index (Phi) is 17.4. The molecule has 0 aromatic heterocycles. The summed E-state index contributed by atoms with van der Waals surface area (Å²) < 4.78 is 53.8. The van der Waals surface area contributed by atoms with E-state index >= 15 is 0 Å². The minimum atomic E-state index is -3.04. The lowest BCUT2D eigenvalue weighted by atomic mass is 9.71. The summed E-state index contributed by atoms with van der Waals surface area (Å²) in [6.07, 6.45) is -18.8. The van der Waals surface area contributed by atoms with Gasteiger partial charge in [0.2, 0.25) is 41.1 Å². The molecular formula is C53H66N6O25. The van der Waals surface area contributed by atoms with Gasteiger partial charge >= 0.3 is 5.97 Å². The number of aliphatic carboxylic acids is 1. The van der Waals surface area contributed by atoms with Gasteiger partial charge in [-0.05, 0) is 18.9 Å². The van der Waals surface area contributed by atoms with Crippen molar-refractivity contribution in [3.8, 4) is 17.2 Å². The van der Waals surface area contributed by atoms with Crippen LogP contribution in [-0.2, 0) is 78.9 Å². The van der Waals surface area contributed by atoms with Gasteiger partial charge in [0.1, 0.15) is 60.3 Å². The summed E-state index contributed by atoms with van der Waals surface area (Å²) in [6, 6.07) is 0.264. The highest BCUT2D eigenvalue weighted by atomic mass is 16.8. The van der Waals surface area contributed by atoms with Crippen LogP contribution < -0.4 is 26.0 Å². The van der Waals surface area contributed by atoms with E-state index in [1.54, 1.807) is 6.92 Å². The van der Waals surface area contributed by atoms with E-state index in [0.717, 1.165) is 0 Å². The molecule has 7 aliphatic rings. The van der Waals surface area contributed by atoms with Crippen LogP contribution >= 0.6 is 0 Å². The van der Waals surface area contributed by atoms with Gasteiger partial charge in [0.25, 0.3) is 5.91 Å². The van der Waals surface area contributed by atoms with Gasteiger partial charge in [-0.15, -0.1) is 0 Å². The summed E-state index contributed by atoms with van der Waals surface area (Å²) >= 11 is 0. The zero-order valence-electron chi connectivity index (χ0n) is 46.9. The van der Waals surface area contributed by atoms with E-state index in [0.29, 0.717) is 11.4 Å². The van der Waals surface area contributed by atoms with Crippen molar-refractivity contribution in [2.24, 2.45) is 5.92 Å². The number of benzene rings is 2. The summed E-state index contributed by atoms with van der Waals surface area (Å²) in [5, 5.41) is 100. The van der Waals surface area contributed by atoms with Crippen LogP contribution in [0.15, 0.2) is 18.2 Å². The van der Waals surface area contributed by atoms with Crippen molar-refractivity contribution in [3.63, 3.8) is 0 Å². The fourth-order valence-corrected chi connectivity index (χ4v) is 11.7. The monoisotopic (exact) mass is 1190 g/mol. The molecule has 0 saturated carbocycles. The molecule has 6 amide bonds. The fraction of sp³-hybridized carbons (Fsp3) is 0.604. The quantitative estimate of drug-likeness (QED) is 0.0232. The van der Waals surface area contributed by atoms with Crippen LogP contribution in [0.4, 0.5) is 0 Å². The van der Waals surface area contributed by atoms with Gasteiger partial charge in [-0.1, -0.05) is 26.0 Å². The van der Waals surface area contributed by atoms with Crippen LogP contribution in [0.5, 0.6) is 17.2 Å². The average molecular weight is 1190 g/mol. The molecule has 458 valence electrons. The minimum Gasteiger partial charge on any atom is -0.507 e. The van der Waals surface area contributed by atoms with E-state index < -0.39 is 236 Å².